The lowest BCUT2D eigenvalue weighted by Crippen LogP contribution is -2.18. The highest BCUT2D eigenvalue weighted by atomic mass is 79.9. The number of aromatic nitrogens is 5. The third-order valence-corrected chi connectivity index (χ3v) is 3.76. The van der Waals surface area contributed by atoms with Gasteiger partial charge in [0.05, 0.1) is 0 Å². The van der Waals surface area contributed by atoms with Gasteiger partial charge in [0.15, 0.2) is 11.7 Å². The number of hydrogen-bond acceptors (Lipinski definition) is 9. The van der Waals surface area contributed by atoms with Gasteiger partial charge in [0.1, 0.15) is 17.7 Å². The van der Waals surface area contributed by atoms with E-state index in [0.29, 0.717) is 17.4 Å². The van der Waals surface area contributed by atoms with Gasteiger partial charge in [-0.2, -0.15) is 10.4 Å². The van der Waals surface area contributed by atoms with E-state index in [1.165, 1.54) is 0 Å². The third kappa shape index (κ3) is 9.10. The zero-order valence-corrected chi connectivity index (χ0v) is 18.5. The number of amidine groups is 1. The molecule has 0 amide bonds. The van der Waals surface area contributed by atoms with E-state index < -0.39 is 0 Å². The van der Waals surface area contributed by atoms with Crippen LogP contribution in [0.3, 0.4) is 0 Å². The number of aryl methyl sites for hydroxylation is 1. The number of nitrogens with zero attached hydrogens (tertiary/aromatic N) is 7. The highest BCUT2D eigenvalue weighted by molar-refractivity contribution is 9.10. The summed E-state index contributed by atoms with van der Waals surface area (Å²) in [5, 5.41) is 22.1. The van der Waals surface area contributed by atoms with Crippen LogP contribution < -0.4 is 11.2 Å². The van der Waals surface area contributed by atoms with Crippen molar-refractivity contribution in [3.05, 3.63) is 57.6 Å². The fourth-order valence-electron chi connectivity index (χ4n) is 1.67. The molecule has 0 saturated heterocycles. The Morgan fingerprint density at radius 1 is 1.21 bits per heavy atom. The Hall–Kier alpha value is -3.08. The maximum absolute atomic E-state index is 7.15. The zero-order chi connectivity index (χ0) is 21.6. The summed E-state index contributed by atoms with van der Waals surface area (Å²) in [4.78, 5) is 15.2. The summed E-state index contributed by atoms with van der Waals surface area (Å²) in [7, 11) is 3.51. The normalized spacial score (nSPS) is 9.86. The smallest absolute Gasteiger partial charge is 0.324 e. The van der Waals surface area contributed by atoms with Gasteiger partial charge in [-0.25, -0.2) is 4.98 Å². The van der Waals surface area contributed by atoms with Crippen molar-refractivity contribution in [2.75, 3.05) is 7.05 Å². The minimum atomic E-state index is 0.380. The lowest BCUT2D eigenvalue weighted by molar-refractivity contribution is -0.174. The first-order valence-electron chi connectivity index (χ1n) is 7.70. The summed E-state index contributed by atoms with van der Waals surface area (Å²) in [5.41, 5.74) is 9.60. The lowest BCUT2D eigenvalue weighted by Gasteiger charge is -1.98. The van der Waals surface area contributed by atoms with Gasteiger partial charge in [0, 0.05) is 35.4 Å². The van der Waals surface area contributed by atoms with E-state index in [1.54, 1.807) is 36.5 Å². The zero-order valence-electron chi connectivity index (χ0n) is 15.4. The molecule has 0 radical (unpaired) electrons. The predicted octanol–water partition coefficient (Wildman–Crippen LogP) is 2.28. The molecule has 0 spiro atoms. The molecular formula is C16H17Br2N9O2. The van der Waals surface area contributed by atoms with Crippen LogP contribution in [0.25, 0.3) is 11.5 Å². The largest absolute Gasteiger partial charge is 0.380 e. The molecule has 0 aromatic carbocycles. The summed E-state index contributed by atoms with van der Waals surface area (Å²) in [6, 6.07) is 7.44. The SMILES string of the molecule is CNN=C(N)c1ccc(Br)cn1.Cn1cnc(-c2ccc(Br)cn2)n1.N#COO. The van der Waals surface area contributed by atoms with Crippen LogP contribution in [0.15, 0.2) is 57.0 Å². The average Bonchev–Trinajstić information content (AvgIpc) is 3.16. The monoisotopic (exact) mass is 525 g/mol. The summed E-state index contributed by atoms with van der Waals surface area (Å²) in [6.45, 7) is 0. The molecule has 4 N–H and O–H groups in total. The molecule has 11 nitrogen and oxygen atoms in total. The van der Waals surface area contributed by atoms with Gasteiger partial charge >= 0.3 is 6.26 Å². The van der Waals surface area contributed by atoms with Crippen LogP contribution in [0.1, 0.15) is 5.69 Å². The fourth-order valence-corrected chi connectivity index (χ4v) is 2.14. The van der Waals surface area contributed by atoms with Gasteiger partial charge in [0.2, 0.25) is 0 Å². The Kier molecular flexibility index (Phi) is 10.9. The molecule has 13 heteroatoms. The topological polar surface area (TPSA) is 160 Å². The number of hydrogen-bond donors (Lipinski definition) is 3. The molecule has 3 heterocycles. The predicted molar refractivity (Wildman–Crippen MR) is 113 cm³/mol. The van der Waals surface area contributed by atoms with E-state index in [1.807, 2.05) is 25.2 Å². The maximum atomic E-state index is 7.15. The van der Waals surface area contributed by atoms with E-state index in [-0.39, 0.29) is 0 Å². The van der Waals surface area contributed by atoms with Gasteiger partial charge < -0.3 is 11.2 Å². The first-order valence-corrected chi connectivity index (χ1v) is 9.28. The Labute approximate surface area is 183 Å². The van der Waals surface area contributed by atoms with Crippen LogP contribution in [0, 0.1) is 11.5 Å². The van der Waals surface area contributed by atoms with E-state index in [9.17, 15) is 0 Å². The Balaban J connectivity index is 0.000000247. The number of nitrogens with one attached hydrogen (secondary N) is 1. The molecule has 0 aliphatic rings. The molecule has 0 bridgehead atoms. The summed E-state index contributed by atoms with van der Waals surface area (Å²) >= 11 is 6.59. The van der Waals surface area contributed by atoms with E-state index >= 15 is 0 Å². The second-order valence-corrected chi connectivity index (χ2v) is 6.70. The number of nitriles is 1. The fraction of sp³-hybridized carbons (Fsp3) is 0.125. The first-order chi connectivity index (χ1) is 13.9. The number of nitrogens with two attached hydrogens (primary N) is 1. The van der Waals surface area contributed by atoms with Gasteiger partial charge in [-0.1, -0.05) is 0 Å². The first kappa shape index (κ1) is 24.0. The number of rotatable bonds is 3. The van der Waals surface area contributed by atoms with Gasteiger partial charge in [0.25, 0.3) is 0 Å². The Morgan fingerprint density at radius 2 is 1.83 bits per heavy atom. The van der Waals surface area contributed by atoms with Crippen molar-refractivity contribution in [2.45, 2.75) is 0 Å². The van der Waals surface area contributed by atoms with Crippen molar-refractivity contribution in [3.8, 4) is 17.8 Å². The maximum Gasteiger partial charge on any atom is 0.324 e. The molecule has 0 aliphatic heterocycles. The quantitative estimate of drug-likeness (QED) is 0.153. The molecule has 3 aromatic rings. The summed E-state index contributed by atoms with van der Waals surface area (Å²) < 4.78 is 3.52. The summed E-state index contributed by atoms with van der Waals surface area (Å²) in [6.07, 6.45) is 6.04. The molecule has 3 rings (SSSR count). The Morgan fingerprint density at radius 3 is 2.24 bits per heavy atom. The van der Waals surface area contributed by atoms with E-state index in [4.69, 9.17) is 16.3 Å². The van der Waals surface area contributed by atoms with Crippen molar-refractivity contribution in [3.63, 3.8) is 0 Å². The number of halogens is 2. The van der Waals surface area contributed by atoms with Gasteiger partial charge in [-0.05, 0) is 56.1 Å². The average molecular weight is 527 g/mol. The minimum Gasteiger partial charge on any atom is -0.380 e. The van der Waals surface area contributed by atoms with Crippen LogP contribution in [0.4, 0.5) is 0 Å². The highest BCUT2D eigenvalue weighted by Gasteiger charge is 2.03. The second kappa shape index (κ2) is 13.2. The molecule has 0 aliphatic carbocycles. The van der Waals surface area contributed by atoms with Crippen LogP contribution in [0.5, 0.6) is 0 Å². The molecule has 3 aromatic heterocycles. The van der Waals surface area contributed by atoms with Crippen molar-refractivity contribution in [1.29, 1.82) is 5.26 Å². The second-order valence-electron chi connectivity index (χ2n) is 4.87. The van der Waals surface area contributed by atoms with Crippen molar-refractivity contribution < 1.29 is 10.1 Å². The minimum absolute atomic E-state index is 0.380. The molecular weight excluding hydrogens is 510 g/mol. The summed E-state index contributed by atoms with van der Waals surface area (Å²) in [5.74, 6) is 1.03. The van der Waals surface area contributed by atoms with Gasteiger partial charge in [-0.15, -0.1) is 10.4 Å². The standard InChI is InChI=1S/C8H7BrN4.C7H9BrN4.CHNO2/c1-13-5-11-8(12-13)7-3-2-6(9)4-10-7;1-10-12-7(9)6-3-2-5(8)4-11-6;2-1-4-3/h2-5H,1H3;2-4,10H,1H3,(H2,9,12);3H. The number of pyridine rings is 2. The van der Waals surface area contributed by atoms with Crippen LogP contribution >= 0.6 is 31.9 Å². The molecule has 0 fully saturated rings. The van der Waals surface area contributed by atoms with Crippen molar-refractivity contribution in [1.82, 2.24) is 30.2 Å². The van der Waals surface area contributed by atoms with Crippen LogP contribution in [0.2, 0.25) is 0 Å². The molecule has 152 valence electrons. The van der Waals surface area contributed by atoms with E-state index in [2.05, 4.69) is 67.3 Å². The van der Waals surface area contributed by atoms with Crippen molar-refractivity contribution in [2.24, 2.45) is 17.9 Å². The molecule has 0 saturated carbocycles. The van der Waals surface area contributed by atoms with Crippen LogP contribution in [-0.4, -0.2) is 42.9 Å². The van der Waals surface area contributed by atoms with Crippen LogP contribution in [-0.2, 0) is 11.9 Å². The Bertz CT molecular complexity index is 938. The highest BCUT2D eigenvalue weighted by Crippen LogP contribution is 2.14. The number of hydrazone groups is 1. The lowest BCUT2D eigenvalue weighted by atomic mass is 10.3. The van der Waals surface area contributed by atoms with Gasteiger partial charge in [-0.3, -0.25) is 19.5 Å². The van der Waals surface area contributed by atoms with Crippen molar-refractivity contribution >= 4 is 37.7 Å². The molecule has 0 unspecified atom stereocenters. The molecule has 29 heavy (non-hydrogen) atoms. The molecule has 0 atom stereocenters. The van der Waals surface area contributed by atoms with E-state index in [0.717, 1.165) is 20.9 Å². The third-order valence-electron chi connectivity index (χ3n) is 2.82.